The van der Waals surface area contributed by atoms with Crippen molar-refractivity contribution in [3.63, 3.8) is 0 Å². The average molecular weight is 454 g/mol. The number of rotatable bonds is 10. The van der Waals surface area contributed by atoms with Gasteiger partial charge in [0.25, 0.3) is 0 Å². The molecule has 0 bridgehead atoms. The van der Waals surface area contributed by atoms with Gasteiger partial charge in [-0.15, -0.1) is 0 Å². The van der Waals surface area contributed by atoms with Gasteiger partial charge in [0, 0.05) is 6.42 Å². The van der Waals surface area contributed by atoms with Gasteiger partial charge < -0.3 is 9.47 Å². The maximum absolute atomic E-state index is 12.7. The number of methoxy groups -OCH3 is 1. The van der Waals surface area contributed by atoms with Gasteiger partial charge in [0.15, 0.2) is 0 Å². The van der Waals surface area contributed by atoms with E-state index in [0.717, 1.165) is 17.5 Å². The van der Waals surface area contributed by atoms with Crippen LogP contribution in [0.2, 0.25) is 0 Å². The SMILES string of the molecule is COC(=O)[C@H](Cc1ccc(OCCc2ccccc2)cc1)NS(=O)(=O)c1ccc(C)cc1. The molecule has 0 saturated carbocycles. The van der Waals surface area contributed by atoms with E-state index < -0.39 is 22.0 Å². The lowest BCUT2D eigenvalue weighted by Gasteiger charge is -2.17. The van der Waals surface area contributed by atoms with Crippen LogP contribution in [0.4, 0.5) is 0 Å². The Kier molecular flexibility index (Phi) is 8.03. The number of sulfonamides is 1. The fraction of sp³-hybridized carbons (Fsp3) is 0.240. The lowest BCUT2D eigenvalue weighted by atomic mass is 10.1. The summed E-state index contributed by atoms with van der Waals surface area (Å²) in [4.78, 5) is 12.3. The lowest BCUT2D eigenvalue weighted by molar-refractivity contribution is -0.142. The van der Waals surface area contributed by atoms with E-state index in [0.29, 0.717) is 12.4 Å². The van der Waals surface area contributed by atoms with Crippen LogP contribution in [0, 0.1) is 6.92 Å². The number of aryl methyl sites for hydroxylation is 1. The fourth-order valence-electron chi connectivity index (χ4n) is 3.18. The highest BCUT2D eigenvalue weighted by Crippen LogP contribution is 2.16. The van der Waals surface area contributed by atoms with Crippen molar-refractivity contribution in [1.82, 2.24) is 4.72 Å². The molecule has 1 atom stereocenters. The summed E-state index contributed by atoms with van der Waals surface area (Å²) in [6.07, 6.45) is 0.954. The standard InChI is InChI=1S/C25H27NO5S/c1-19-8-14-23(15-9-19)32(28,29)26-24(25(27)30-2)18-21-10-12-22(13-11-21)31-17-16-20-6-4-3-5-7-20/h3-15,24,26H,16-18H2,1-2H3/t24-/m0/s1. The van der Waals surface area contributed by atoms with Gasteiger partial charge in [-0.05, 0) is 48.7 Å². The fourth-order valence-corrected chi connectivity index (χ4v) is 4.36. The number of hydrogen-bond donors (Lipinski definition) is 1. The largest absolute Gasteiger partial charge is 0.493 e. The molecule has 0 amide bonds. The van der Waals surface area contributed by atoms with Crippen LogP contribution in [0.15, 0.2) is 83.8 Å². The molecule has 0 fully saturated rings. The molecule has 0 aliphatic rings. The number of hydrogen-bond acceptors (Lipinski definition) is 5. The minimum atomic E-state index is -3.87. The molecule has 0 heterocycles. The minimum Gasteiger partial charge on any atom is -0.493 e. The van der Waals surface area contributed by atoms with E-state index in [1.807, 2.05) is 49.4 Å². The van der Waals surface area contributed by atoms with Crippen LogP contribution in [0.3, 0.4) is 0 Å². The lowest BCUT2D eigenvalue weighted by Crippen LogP contribution is -2.42. The first-order valence-corrected chi connectivity index (χ1v) is 11.8. The molecular weight excluding hydrogens is 426 g/mol. The molecule has 6 nitrogen and oxygen atoms in total. The van der Waals surface area contributed by atoms with E-state index in [1.165, 1.54) is 24.8 Å². The highest BCUT2D eigenvalue weighted by Gasteiger charge is 2.26. The minimum absolute atomic E-state index is 0.0965. The molecule has 0 aliphatic heterocycles. The van der Waals surface area contributed by atoms with Crippen molar-refractivity contribution in [2.75, 3.05) is 13.7 Å². The highest BCUT2D eigenvalue weighted by atomic mass is 32.2. The summed E-state index contributed by atoms with van der Waals surface area (Å²) in [5.74, 6) is 0.0587. The highest BCUT2D eigenvalue weighted by molar-refractivity contribution is 7.89. The molecule has 0 unspecified atom stereocenters. The van der Waals surface area contributed by atoms with Gasteiger partial charge in [-0.2, -0.15) is 4.72 Å². The summed E-state index contributed by atoms with van der Waals surface area (Å²) in [6, 6.07) is 22.7. The Morgan fingerprint density at radius 1 is 0.906 bits per heavy atom. The zero-order valence-electron chi connectivity index (χ0n) is 18.2. The molecule has 0 aliphatic carbocycles. The third kappa shape index (κ3) is 6.67. The van der Waals surface area contributed by atoms with Gasteiger partial charge in [-0.3, -0.25) is 4.79 Å². The van der Waals surface area contributed by atoms with E-state index in [4.69, 9.17) is 9.47 Å². The van der Waals surface area contributed by atoms with E-state index in [-0.39, 0.29) is 11.3 Å². The Morgan fingerprint density at radius 3 is 2.19 bits per heavy atom. The molecule has 3 rings (SSSR count). The van der Waals surface area contributed by atoms with Gasteiger partial charge in [-0.25, -0.2) is 8.42 Å². The molecule has 0 spiro atoms. The summed E-state index contributed by atoms with van der Waals surface area (Å²) >= 11 is 0. The first kappa shape index (κ1) is 23.5. The average Bonchev–Trinajstić information content (AvgIpc) is 2.80. The number of ether oxygens (including phenoxy) is 2. The smallest absolute Gasteiger partial charge is 0.324 e. The Morgan fingerprint density at radius 2 is 1.56 bits per heavy atom. The number of nitrogens with one attached hydrogen (secondary N) is 1. The summed E-state index contributed by atoms with van der Waals surface area (Å²) in [5.41, 5.74) is 2.92. The Balaban J connectivity index is 1.62. The van der Waals surface area contributed by atoms with E-state index in [1.54, 1.807) is 12.1 Å². The van der Waals surface area contributed by atoms with E-state index in [9.17, 15) is 13.2 Å². The number of benzene rings is 3. The molecule has 7 heteroatoms. The predicted octanol–water partition coefficient (Wildman–Crippen LogP) is 3.68. The van der Waals surface area contributed by atoms with Gasteiger partial charge in [-0.1, -0.05) is 60.2 Å². The molecule has 0 radical (unpaired) electrons. The quantitative estimate of drug-likeness (QED) is 0.474. The van der Waals surface area contributed by atoms with Crippen molar-refractivity contribution in [3.8, 4) is 5.75 Å². The van der Waals surface area contributed by atoms with Gasteiger partial charge in [0.05, 0.1) is 18.6 Å². The Hall–Kier alpha value is -3.16. The van der Waals surface area contributed by atoms with Crippen molar-refractivity contribution >= 4 is 16.0 Å². The first-order valence-electron chi connectivity index (χ1n) is 10.3. The van der Waals surface area contributed by atoms with Crippen molar-refractivity contribution in [3.05, 3.63) is 95.6 Å². The first-order chi connectivity index (χ1) is 15.4. The molecule has 168 valence electrons. The van der Waals surface area contributed by atoms with Crippen LogP contribution in [-0.4, -0.2) is 34.1 Å². The van der Waals surface area contributed by atoms with Crippen molar-refractivity contribution < 1.29 is 22.7 Å². The van der Waals surface area contributed by atoms with Crippen LogP contribution in [0.5, 0.6) is 5.75 Å². The van der Waals surface area contributed by atoms with Crippen LogP contribution < -0.4 is 9.46 Å². The third-order valence-electron chi connectivity index (χ3n) is 4.98. The molecule has 32 heavy (non-hydrogen) atoms. The van der Waals surface area contributed by atoms with E-state index >= 15 is 0 Å². The summed E-state index contributed by atoms with van der Waals surface area (Å²) in [6.45, 7) is 2.42. The molecular formula is C25H27NO5S. The maximum Gasteiger partial charge on any atom is 0.324 e. The van der Waals surface area contributed by atoms with Crippen LogP contribution in [0.1, 0.15) is 16.7 Å². The molecule has 3 aromatic rings. The van der Waals surface area contributed by atoms with Gasteiger partial charge in [0.2, 0.25) is 10.0 Å². The summed E-state index contributed by atoms with van der Waals surface area (Å²) in [7, 11) is -2.64. The summed E-state index contributed by atoms with van der Waals surface area (Å²) < 4.78 is 38.5. The number of esters is 1. The van der Waals surface area contributed by atoms with Gasteiger partial charge in [0.1, 0.15) is 11.8 Å². The van der Waals surface area contributed by atoms with Crippen molar-refractivity contribution in [2.24, 2.45) is 0 Å². The second-order valence-electron chi connectivity index (χ2n) is 7.44. The van der Waals surface area contributed by atoms with Crippen LogP contribution >= 0.6 is 0 Å². The Labute approximate surface area is 189 Å². The van der Waals surface area contributed by atoms with Crippen LogP contribution in [-0.2, 0) is 32.4 Å². The zero-order valence-corrected chi connectivity index (χ0v) is 19.0. The Bertz CT molecular complexity index is 1110. The second kappa shape index (κ2) is 10.9. The third-order valence-corrected chi connectivity index (χ3v) is 6.47. The monoisotopic (exact) mass is 453 g/mol. The topological polar surface area (TPSA) is 81.7 Å². The molecule has 1 N–H and O–H groups in total. The maximum atomic E-state index is 12.7. The van der Waals surface area contributed by atoms with Crippen LogP contribution in [0.25, 0.3) is 0 Å². The molecule has 0 aromatic heterocycles. The van der Waals surface area contributed by atoms with Gasteiger partial charge >= 0.3 is 5.97 Å². The predicted molar refractivity (Wildman–Crippen MR) is 123 cm³/mol. The van der Waals surface area contributed by atoms with E-state index in [2.05, 4.69) is 16.9 Å². The number of carbonyl (C=O) groups excluding carboxylic acids is 1. The second-order valence-corrected chi connectivity index (χ2v) is 9.16. The normalized spacial score (nSPS) is 12.2. The molecule has 3 aromatic carbocycles. The zero-order chi connectivity index (χ0) is 23.0. The summed E-state index contributed by atoms with van der Waals surface area (Å²) in [5, 5.41) is 0. The van der Waals surface area contributed by atoms with Crippen molar-refractivity contribution in [1.29, 1.82) is 0 Å². The number of carbonyl (C=O) groups is 1. The van der Waals surface area contributed by atoms with Crippen molar-refractivity contribution in [2.45, 2.75) is 30.7 Å². The molecule has 0 saturated heterocycles.